The molecule has 1 aliphatic heterocycles. The van der Waals surface area contributed by atoms with Crippen LogP contribution < -0.4 is 26.0 Å². The first-order valence-corrected chi connectivity index (χ1v) is 13.8. The lowest BCUT2D eigenvalue weighted by Crippen LogP contribution is -2.23. The highest BCUT2D eigenvalue weighted by Gasteiger charge is 2.22. The van der Waals surface area contributed by atoms with Gasteiger partial charge in [-0.15, -0.1) is 0 Å². The van der Waals surface area contributed by atoms with E-state index in [0.29, 0.717) is 28.7 Å². The molecule has 0 fully saturated rings. The van der Waals surface area contributed by atoms with Crippen LogP contribution >= 0.6 is 0 Å². The molecule has 3 heterocycles. The zero-order valence-electron chi connectivity index (χ0n) is 24.0. The van der Waals surface area contributed by atoms with Crippen molar-refractivity contribution in [3.05, 3.63) is 77.9 Å². The van der Waals surface area contributed by atoms with Crippen LogP contribution in [0.25, 0.3) is 11.3 Å². The Balaban J connectivity index is 1.32. The monoisotopic (exact) mass is 557 g/mol. The van der Waals surface area contributed by atoms with Crippen molar-refractivity contribution in [3.8, 4) is 22.8 Å². The molecule has 10 heteroatoms. The van der Waals surface area contributed by atoms with E-state index in [9.17, 15) is 9.18 Å². The van der Waals surface area contributed by atoms with Crippen LogP contribution in [0.3, 0.4) is 0 Å². The van der Waals surface area contributed by atoms with E-state index in [0.717, 1.165) is 25.1 Å². The zero-order chi connectivity index (χ0) is 29.1. The van der Waals surface area contributed by atoms with Crippen LogP contribution in [0.2, 0.25) is 0 Å². The number of benzene rings is 2. The summed E-state index contributed by atoms with van der Waals surface area (Å²) in [6, 6.07) is 13.6. The van der Waals surface area contributed by atoms with Crippen LogP contribution in [-0.4, -0.2) is 33.4 Å². The van der Waals surface area contributed by atoms with Crippen LogP contribution in [0.5, 0.6) is 11.5 Å². The molecule has 5 rings (SSSR count). The Kier molecular flexibility index (Phi) is 7.94. The van der Waals surface area contributed by atoms with Crippen LogP contribution in [0.1, 0.15) is 45.7 Å². The molecule has 4 N–H and O–H groups in total. The third-order valence-electron chi connectivity index (χ3n) is 6.61. The number of halogens is 1. The Morgan fingerprint density at radius 1 is 1.02 bits per heavy atom. The molecule has 1 aliphatic rings. The minimum Gasteiger partial charge on any atom is -0.457 e. The van der Waals surface area contributed by atoms with Crippen molar-refractivity contribution in [3.63, 3.8) is 0 Å². The number of amides is 2. The number of hydrogen-bond donors (Lipinski definition) is 4. The van der Waals surface area contributed by atoms with Crippen molar-refractivity contribution in [1.29, 1.82) is 0 Å². The van der Waals surface area contributed by atoms with Gasteiger partial charge in [0.05, 0.1) is 16.9 Å². The second-order valence-electron chi connectivity index (χ2n) is 11.4. The maximum atomic E-state index is 15.0. The van der Waals surface area contributed by atoms with Gasteiger partial charge in [-0.2, -0.15) is 5.10 Å². The standard InChI is InChI=1S/C31H36FN7O2/c1-19(2)35-28-16-24(11-13-34-28)41-23-8-9-26(25(32)15-23)36-30(40)37-27-18-39(31(3,4)5)38-29(27)21-6-7-22-17-33-12-10-20(22)14-21/h6-9,11,13-16,18-19,33H,10,12,17H2,1-5H3,(H,34,35)(H2,36,37,40). The number of aromatic nitrogens is 3. The van der Waals surface area contributed by atoms with Crippen molar-refractivity contribution >= 4 is 23.2 Å². The van der Waals surface area contributed by atoms with Gasteiger partial charge in [0.25, 0.3) is 0 Å². The molecular formula is C31H36FN7O2. The summed E-state index contributed by atoms with van der Waals surface area (Å²) in [6.07, 6.45) is 4.36. The fourth-order valence-electron chi connectivity index (χ4n) is 4.57. The Morgan fingerprint density at radius 3 is 2.56 bits per heavy atom. The fraction of sp³-hybridized carbons (Fsp3) is 0.323. The first-order valence-electron chi connectivity index (χ1n) is 13.8. The summed E-state index contributed by atoms with van der Waals surface area (Å²) in [5.41, 5.74) is 4.37. The molecule has 0 radical (unpaired) electrons. The number of urea groups is 1. The lowest BCUT2D eigenvalue weighted by Gasteiger charge is -2.19. The molecule has 0 unspecified atom stereocenters. The molecule has 2 amide bonds. The highest BCUT2D eigenvalue weighted by molar-refractivity contribution is 6.02. The van der Waals surface area contributed by atoms with Crippen molar-refractivity contribution in [2.75, 3.05) is 22.5 Å². The topological polar surface area (TPSA) is 105 Å². The second-order valence-corrected chi connectivity index (χ2v) is 11.4. The molecule has 41 heavy (non-hydrogen) atoms. The number of nitrogens with zero attached hydrogens (tertiary/aromatic N) is 3. The molecule has 2 aromatic heterocycles. The quantitative estimate of drug-likeness (QED) is 0.201. The van der Waals surface area contributed by atoms with Crippen LogP contribution in [-0.2, 0) is 18.5 Å². The molecule has 0 bridgehead atoms. The number of pyridine rings is 1. The van der Waals surface area contributed by atoms with Gasteiger partial charge in [0, 0.05) is 42.7 Å². The van der Waals surface area contributed by atoms with E-state index < -0.39 is 11.8 Å². The number of rotatable bonds is 7. The number of hydrogen-bond acceptors (Lipinski definition) is 6. The molecule has 9 nitrogen and oxygen atoms in total. The van der Waals surface area contributed by atoms with Gasteiger partial charge in [0.1, 0.15) is 28.8 Å². The van der Waals surface area contributed by atoms with Gasteiger partial charge < -0.3 is 26.0 Å². The highest BCUT2D eigenvalue weighted by Crippen LogP contribution is 2.32. The number of nitrogens with one attached hydrogen (secondary N) is 4. The minimum atomic E-state index is -0.624. The third-order valence-corrected chi connectivity index (χ3v) is 6.61. The Labute approximate surface area is 239 Å². The van der Waals surface area contributed by atoms with E-state index >= 15 is 0 Å². The number of carbonyl (C=O) groups excluding carboxylic acids is 1. The normalized spacial score (nSPS) is 13.0. The van der Waals surface area contributed by atoms with Crippen LogP contribution in [0, 0.1) is 5.82 Å². The number of carbonyl (C=O) groups is 1. The minimum absolute atomic E-state index is 0.0257. The molecular weight excluding hydrogens is 521 g/mol. The average Bonchev–Trinajstić information content (AvgIpc) is 3.34. The SMILES string of the molecule is CC(C)Nc1cc(Oc2ccc(NC(=O)Nc3cn(C(C)(C)C)nc3-c3ccc4c(c3)CCNC4)c(F)c2)ccn1. The van der Waals surface area contributed by atoms with Gasteiger partial charge in [0.2, 0.25) is 0 Å². The number of fused-ring (bicyclic) bond motifs is 1. The van der Waals surface area contributed by atoms with E-state index in [1.54, 1.807) is 30.6 Å². The highest BCUT2D eigenvalue weighted by atomic mass is 19.1. The molecule has 2 aromatic carbocycles. The Hall–Kier alpha value is -4.44. The van der Waals surface area contributed by atoms with Gasteiger partial charge in [0.15, 0.2) is 0 Å². The van der Waals surface area contributed by atoms with Crippen LogP contribution in [0.4, 0.5) is 26.4 Å². The summed E-state index contributed by atoms with van der Waals surface area (Å²) in [6.45, 7) is 11.9. The van der Waals surface area contributed by atoms with Crippen molar-refractivity contribution in [2.24, 2.45) is 0 Å². The summed E-state index contributed by atoms with van der Waals surface area (Å²) in [4.78, 5) is 17.3. The predicted molar refractivity (Wildman–Crippen MR) is 160 cm³/mol. The first-order chi connectivity index (χ1) is 19.5. The lowest BCUT2D eigenvalue weighted by molar-refractivity contribution is 0.262. The van der Waals surface area contributed by atoms with Crippen molar-refractivity contribution in [2.45, 2.75) is 59.2 Å². The summed E-state index contributed by atoms with van der Waals surface area (Å²) in [5.74, 6) is 0.852. The third kappa shape index (κ3) is 6.83. The Morgan fingerprint density at radius 2 is 1.80 bits per heavy atom. The summed E-state index contributed by atoms with van der Waals surface area (Å²) in [5, 5.41) is 16.9. The second kappa shape index (κ2) is 11.6. The van der Waals surface area contributed by atoms with Crippen molar-refractivity contribution in [1.82, 2.24) is 20.1 Å². The molecule has 0 saturated heterocycles. The van der Waals surface area contributed by atoms with Gasteiger partial charge >= 0.3 is 6.03 Å². The number of ether oxygens (including phenoxy) is 1. The summed E-state index contributed by atoms with van der Waals surface area (Å²) >= 11 is 0. The molecule has 0 atom stereocenters. The predicted octanol–water partition coefficient (Wildman–Crippen LogP) is 6.74. The van der Waals surface area contributed by atoms with Gasteiger partial charge in [-0.05, 0) is 83.0 Å². The first kappa shape index (κ1) is 28.1. The van der Waals surface area contributed by atoms with E-state index in [1.165, 1.54) is 23.3 Å². The summed E-state index contributed by atoms with van der Waals surface area (Å²) in [7, 11) is 0. The van der Waals surface area contributed by atoms with Gasteiger partial charge in [-0.25, -0.2) is 14.2 Å². The number of anilines is 3. The van der Waals surface area contributed by atoms with E-state index in [1.807, 2.05) is 45.4 Å². The lowest BCUT2D eigenvalue weighted by atomic mass is 9.97. The van der Waals surface area contributed by atoms with E-state index in [2.05, 4.69) is 38.4 Å². The van der Waals surface area contributed by atoms with Gasteiger partial charge in [-0.3, -0.25) is 4.68 Å². The van der Waals surface area contributed by atoms with E-state index in [4.69, 9.17) is 9.84 Å². The summed E-state index contributed by atoms with van der Waals surface area (Å²) < 4.78 is 22.6. The largest absolute Gasteiger partial charge is 0.457 e. The molecule has 214 valence electrons. The maximum Gasteiger partial charge on any atom is 0.323 e. The zero-order valence-corrected chi connectivity index (χ0v) is 24.0. The van der Waals surface area contributed by atoms with Gasteiger partial charge in [-0.1, -0.05) is 12.1 Å². The van der Waals surface area contributed by atoms with E-state index in [-0.39, 0.29) is 17.3 Å². The molecule has 0 spiro atoms. The average molecular weight is 558 g/mol. The van der Waals surface area contributed by atoms with Crippen molar-refractivity contribution < 1.29 is 13.9 Å². The molecule has 0 aliphatic carbocycles. The Bertz CT molecular complexity index is 1560. The fourth-order valence-corrected chi connectivity index (χ4v) is 4.57. The molecule has 0 saturated carbocycles. The molecule has 4 aromatic rings. The van der Waals surface area contributed by atoms with Crippen LogP contribution in [0.15, 0.2) is 60.9 Å². The maximum absolute atomic E-state index is 15.0. The smallest absolute Gasteiger partial charge is 0.323 e.